The number of carbonyl (C=O) groups excluding carboxylic acids is 2. The zero-order valence-corrected chi connectivity index (χ0v) is 12.5. The van der Waals surface area contributed by atoms with Crippen LogP contribution in [0.2, 0.25) is 0 Å². The van der Waals surface area contributed by atoms with Gasteiger partial charge in [0.1, 0.15) is 5.75 Å². The van der Waals surface area contributed by atoms with Crippen molar-refractivity contribution in [1.29, 1.82) is 0 Å². The minimum atomic E-state index is -0.805. The molecular formula is C16H21NO4. The van der Waals surface area contributed by atoms with Gasteiger partial charge in [0.15, 0.2) is 12.7 Å². The highest BCUT2D eigenvalue weighted by Crippen LogP contribution is 2.25. The highest BCUT2D eigenvalue weighted by molar-refractivity contribution is 5.83. The largest absolute Gasteiger partial charge is 0.482 e. The van der Waals surface area contributed by atoms with Crippen molar-refractivity contribution in [3.63, 3.8) is 0 Å². The molecule has 1 aliphatic carbocycles. The molecule has 0 unspecified atom stereocenters. The van der Waals surface area contributed by atoms with Crippen LogP contribution in [0.4, 0.5) is 0 Å². The predicted molar refractivity (Wildman–Crippen MR) is 78.2 cm³/mol. The van der Waals surface area contributed by atoms with Crippen LogP contribution in [0.5, 0.6) is 5.75 Å². The lowest BCUT2D eigenvalue weighted by atomic mass is 10.1. The first kappa shape index (κ1) is 15.4. The second-order valence-electron chi connectivity index (χ2n) is 5.10. The fourth-order valence-corrected chi connectivity index (χ4v) is 2.38. The monoisotopic (exact) mass is 291 g/mol. The van der Waals surface area contributed by atoms with E-state index in [2.05, 4.69) is 5.32 Å². The van der Waals surface area contributed by atoms with Crippen molar-refractivity contribution in [1.82, 2.24) is 5.32 Å². The number of nitrogens with one attached hydrogen (secondary N) is 1. The smallest absolute Gasteiger partial charge is 0.344 e. The molecule has 2 rings (SSSR count). The topological polar surface area (TPSA) is 64.6 Å². The summed E-state index contributed by atoms with van der Waals surface area (Å²) >= 11 is 0. The first-order valence-corrected chi connectivity index (χ1v) is 7.32. The van der Waals surface area contributed by atoms with Crippen molar-refractivity contribution >= 4 is 11.9 Å². The Morgan fingerprint density at radius 2 is 2.05 bits per heavy atom. The number of hydrogen-bond acceptors (Lipinski definition) is 4. The average Bonchev–Trinajstić information content (AvgIpc) is 2.92. The Morgan fingerprint density at radius 1 is 1.29 bits per heavy atom. The second-order valence-corrected chi connectivity index (χ2v) is 5.10. The molecular weight excluding hydrogens is 270 g/mol. The third-order valence-corrected chi connectivity index (χ3v) is 3.46. The number of likely N-dealkylation sites (N-methyl/N-ethyl adjacent to an activating group) is 1. The summed E-state index contributed by atoms with van der Waals surface area (Å²) in [5.41, 5.74) is 2.64. The van der Waals surface area contributed by atoms with E-state index in [1.54, 1.807) is 0 Å². The molecule has 1 aromatic rings. The number of carbonyl (C=O) groups is 2. The standard InChI is InChI=1S/C16H21NO4/c1-3-17-16(19)11(2)21-15(18)10-20-14-8-7-12-5-4-6-13(12)9-14/h7-9,11H,3-6,10H2,1-2H3,(H,17,19)/t11-/m0/s1. The maximum absolute atomic E-state index is 11.6. The second kappa shape index (κ2) is 7.11. The Kier molecular flexibility index (Phi) is 5.20. The first-order valence-electron chi connectivity index (χ1n) is 7.32. The van der Waals surface area contributed by atoms with Crippen LogP contribution in [0.25, 0.3) is 0 Å². The molecule has 0 aromatic heterocycles. The van der Waals surface area contributed by atoms with Gasteiger partial charge in [-0.05, 0) is 56.4 Å². The summed E-state index contributed by atoms with van der Waals surface area (Å²) in [6.07, 6.45) is 2.54. The fraction of sp³-hybridized carbons (Fsp3) is 0.500. The molecule has 114 valence electrons. The van der Waals surface area contributed by atoms with E-state index >= 15 is 0 Å². The number of ether oxygens (including phenoxy) is 2. The molecule has 5 nitrogen and oxygen atoms in total. The Hall–Kier alpha value is -2.04. The van der Waals surface area contributed by atoms with Gasteiger partial charge in [0.2, 0.25) is 0 Å². The van der Waals surface area contributed by atoms with Crippen LogP contribution >= 0.6 is 0 Å². The van der Waals surface area contributed by atoms with Crippen LogP contribution in [0.3, 0.4) is 0 Å². The van der Waals surface area contributed by atoms with Gasteiger partial charge < -0.3 is 14.8 Å². The average molecular weight is 291 g/mol. The van der Waals surface area contributed by atoms with Gasteiger partial charge in [-0.1, -0.05) is 6.07 Å². The summed E-state index contributed by atoms with van der Waals surface area (Å²) in [4.78, 5) is 23.1. The van der Waals surface area contributed by atoms with Gasteiger partial charge in [0.05, 0.1) is 0 Å². The zero-order chi connectivity index (χ0) is 15.2. The maximum atomic E-state index is 11.6. The van der Waals surface area contributed by atoms with Gasteiger partial charge >= 0.3 is 5.97 Å². The number of amides is 1. The molecule has 1 amide bonds. The summed E-state index contributed by atoms with van der Waals surface area (Å²) in [7, 11) is 0. The molecule has 0 heterocycles. The lowest BCUT2D eigenvalue weighted by Crippen LogP contribution is -2.36. The summed E-state index contributed by atoms with van der Waals surface area (Å²) in [6.45, 7) is 3.66. The zero-order valence-electron chi connectivity index (χ0n) is 12.5. The van der Waals surface area contributed by atoms with E-state index in [-0.39, 0.29) is 12.5 Å². The number of benzene rings is 1. The molecule has 0 saturated heterocycles. The Bertz CT molecular complexity index is 527. The molecule has 0 spiro atoms. The van der Waals surface area contributed by atoms with Crippen LogP contribution in [0, 0.1) is 0 Å². The van der Waals surface area contributed by atoms with Crippen LogP contribution < -0.4 is 10.1 Å². The molecule has 0 saturated carbocycles. The molecule has 21 heavy (non-hydrogen) atoms. The van der Waals surface area contributed by atoms with E-state index in [0.717, 1.165) is 12.8 Å². The van der Waals surface area contributed by atoms with Crippen LogP contribution in [-0.4, -0.2) is 31.1 Å². The van der Waals surface area contributed by atoms with E-state index in [1.165, 1.54) is 24.5 Å². The van der Waals surface area contributed by atoms with Gasteiger partial charge in [-0.25, -0.2) is 4.79 Å². The Labute approximate surface area is 124 Å². The van der Waals surface area contributed by atoms with Crippen LogP contribution in [-0.2, 0) is 27.2 Å². The van der Waals surface area contributed by atoms with Crippen molar-refractivity contribution in [2.75, 3.05) is 13.2 Å². The Balaban J connectivity index is 1.80. The van der Waals surface area contributed by atoms with Crippen molar-refractivity contribution < 1.29 is 19.1 Å². The van der Waals surface area contributed by atoms with Gasteiger partial charge in [0.25, 0.3) is 5.91 Å². The molecule has 1 aliphatic rings. The van der Waals surface area contributed by atoms with Crippen molar-refractivity contribution in [3.05, 3.63) is 29.3 Å². The lowest BCUT2D eigenvalue weighted by molar-refractivity contribution is -0.156. The molecule has 0 fully saturated rings. The molecule has 5 heteroatoms. The van der Waals surface area contributed by atoms with E-state index in [9.17, 15) is 9.59 Å². The lowest BCUT2D eigenvalue weighted by Gasteiger charge is -2.13. The molecule has 1 N–H and O–H groups in total. The third kappa shape index (κ3) is 4.21. The van der Waals surface area contributed by atoms with E-state index < -0.39 is 12.1 Å². The van der Waals surface area contributed by atoms with Crippen molar-refractivity contribution in [2.24, 2.45) is 0 Å². The van der Waals surface area contributed by atoms with Gasteiger partial charge in [-0.3, -0.25) is 4.79 Å². The molecule has 0 bridgehead atoms. The Morgan fingerprint density at radius 3 is 2.81 bits per heavy atom. The van der Waals surface area contributed by atoms with E-state index in [1.807, 2.05) is 25.1 Å². The highest BCUT2D eigenvalue weighted by atomic mass is 16.6. The molecule has 1 atom stereocenters. The number of hydrogen-bond donors (Lipinski definition) is 1. The SMILES string of the molecule is CCNC(=O)[C@H](C)OC(=O)COc1ccc2c(c1)CCC2. The predicted octanol–water partition coefficient (Wildman–Crippen LogP) is 1.62. The number of aryl methyl sites for hydroxylation is 2. The van der Waals surface area contributed by atoms with E-state index in [4.69, 9.17) is 9.47 Å². The number of esters is 1. The quantitative estimate of drug-likeness (QED) is 0.809. The van der Waals surface area contributed by atoms with E-state index in [0.29, 0.717) is 12.3 Å². The normalized spacial score (nSPS) is 14.2. The third-order valence-electron chi connectivity index (χ3n) is 3.46. The highest BCUT2D eigenvalue weighted by Gasteiger charge is 2.17. The number of rotatable bonds is 6. The number of fused-ring (bicyclic) bond motifs is 1. The first-order chi connectivity index (χ1) is 10.1. The van der Waals surface area contributed by atoms with Crippen LogP contribution in [0.15, 0.2) is 18.2 Å². The van der Waals surface area contributed by atoms with Crippen LogP contribution in [0.1, 0.15) is 31.4 Å². The summed E-state index contributed by atoms with van der Waals surface area (Å²) in [5.74, 6) is -0.184. The molecule has 0 radical (unpaired) electrons. The molecule has 0 aliphatic heterocycles. The minimum Gasteiger partial charge on any atom is -0.482 e. The maximum Gasteiger partial charge on any atom is 0.344 e. The summed E-state index contributed by atoms with van der Waals surface area (Å²) in [5, 5.41) is 2.60. The summed E-state index contributed by atoms with van der Waals surface area (Å²) < 4.78 is 10.4. The van der Waals surface area contributed by atoms with Crippen molar-refractivity contribution in [2.45, 2.75) is 39.2 Å². The van der Waals surface area contributed by atoms with Gasteiger partial charge in [-0.2, -0.15) is 0 Å². The van der Waals surface area contributed by atoms with Gasteiger partial charge in [-0.15, -0.1) is 0 Å². The fourth-order valence-electron chi connectivity index (χ4n) is 2.38. The van der Waals surface area contributed by atoms with Crippen molar-refractivity contribution in [3.8, 4) is 5.75 Å². The minimum absolute atomic E-state index is 0.192. The van der Waals surface area contributed by atoms with Gasteiger partial charge in [0, 0.05) is 6.54 Å². The summed E-state index contributed by atoms with van der Waals surface area (Å²) in [6, 6.07) is 5.88. The molecule has 1 aromatic carbocycles.